The SMILES string of the molecule is Cc1ncc(CNc2ccc(O)c(Cl)c2)s1. The number of nitrogens with zero attached hydrogens (tertiary/aromatic N) is 1. The number of aryl methyl sites for hydroxylation is 1. The Morgan fingerprint density at radius 2 is 2.31 bits per heavy atom. The summed E-state index contributed by atoms with van der Waals surface area (Å²) in [5.41, 5.74) is 0.883. The zero-order chi connectivity index (χ0) is 11.5. The Morgan fingerprint density at radius 1 is 1.50 bits per heavy atom. The minimum Gasteiger partial charge on any atom is -0.506 e. The summed E-state index contributed by atoms with van der Waals surface area (Å²) in [5, 5.41) is 13.9. The number of nitrogens with one attached hydrogen (secondary N) is 1. The summed E-state index contributed by atoms with van der Waals surface area (Å²) < 4.78 is 0. The Labute approximate surface area is 103 Å². The molecule has 5 heteroatoms. The zero-order valence-corrected chi connectivity index (χ0v) is 10.3. The van der Waals surface area contributed by atoms with Gasteiger partial charge in [-0.25, -0.2) is 4.98 Å². The topological polar surface area (TPSA) is 45.2 Å². The monoisotopic (exact) mass is 254 g/mol. The van der Waals surface area contributed by atoms with E-state index in [9.17, 15) is 5.11 Å². The molecule has 0 saturated heterocycles. The summed E-state index contributed by atoms with van der Waals surface area (Å²) in [4.78, 5) is 5.34. The second-order valence-corrected chi connectivity index (χ2v) is 5.09. The molecule has 1 heterocycles. The predicted molar refractivity (Wildman–Crippen MR) is 67.3 cm³/mol. The Balaban J connectivity index is 2.02. The summed E-state index contributed by atoms with van der Waals surface area (Å²) in [6.07, 6.45) is 1.86. The zero-order valence-electron chi connectivity index (χ0n) is 8.70. The molecule has 2 aromatic rings. The van der Waals surface area contributed by atoms with Gasteiger partial charge in [0.2, 0.25) is 0 Å². The van der Waals surface area contributed by atoms with Crippen molar-refractivity contribution in [3.63, 3.8) is 0 Å². The van der Waals surface area contributed by atoms with E-state index >= 15 is 0 Å². The van der Waals surface area contributed by atoms with E-state index in [2.05, 4.69) is 10.3 Å². The van der Waals surface area contributed by atoms with Crippen LogP contribution < -0.4 is 5.32 Å². The molecule has 0 aliphatic heterocycles. The Hall–Kier alpha value is -1.26. The molecule has 0 fully saturated rings. The van der Waals surface area contributed by atoms with Gasteiger partial charge in [0.25, 0.3) is 0 Å². The molecule has 0 aliphatic rings. The molecular formula is C11H11ClN2OS. The van der Waals surface area contributed by atoms with Crippen LogP contribution in [-0.2, 0) is 6.54 Å². The molecule has 0 spiro atoms. The van der Waals surface area contributed by atoms with Crippen molar-refractivity contribution in [3.8, 4) is 5.75 Å². The van der Waals surface area contributed by atoms with Crippen LogP contribution in [-0.4, -0.2) is 10.1 Å². The van der Waals surface area contributed by atoms with E-state index in [4.69, 9.17) is 11.6 Å². The van der Waals surface area contributed by atoms with Gasteiger partial charge in [-0.05, 0) is 25.1 Å². The number of phenols is 1. The number of hydrogen-bond donors (Lipinski definition) is 2. The molecule has 1 aromatic heterocycles. The summed E-state index contributed by atoms with van der Waals surface area (Å²) in [7, 11) is 0. The van der Waals surface area contributed by atoms with Gasteiger partial charge in [-0.15, -0.1) is 11.3 Å². The molecule has 1 aromatic carbocycles. The minimum atomic E-state index is 0.0980. The summed E-state index contributed by atoms with van der Waals surface area (Å²) >= 11 is 7.46. The van der Waals surface area contributed by atoms with Crippen molar-refractivity contribution < 1.29 is 5.11 Å². The highest BCUT2D eigenvalue weighted by Crippen LogP contribution is 2.26. The Bertz CT molecular complexity index is 498. The largest absolute Gasteiger partial charge is 0.506 e. The molecule has 0 atom stereocenters. The number of thiazole rings is 1. The van der Waals surface area contributed by atoms with E-state index in [1.54, 1.807) is 29.5 Å². The van der Waals surface area contributed by atoms with Crippen LogP contribution in [0.25, 0.3) is 0 Å². The highest BCUT2D eigenvalue weighted by molar-refractivity contribution is 7.11. The summed E-state index contributed by atoms with van der Waals surface area (Å²) in [5.74, 6) is 0.0980. The summed E-state index contributed by atoms with van der Waals surface area (Å²) in [6, 6.07) is 5.06. The Kier molecular flexibility index (Phi) is 3.31. The van der Waals surface area contributed by atoms with Crippen LogP contribution in [0.4, 0.5) is 5.69 Å². The van der Waals surface area contributed by atoms with Gasteiger partial charge in [0, 0.05) is 16.8 Å². The van der Waals surface area contributed by atoms with E-state index in [0.717, 1.165) is 10.7 Å². The fourth-order valence-corrected chi connectivity index (χ4v) is 2.21. The number of anilines is 1. The van der Waals surface area contributed by atoms with Crippen molar-refractivity contribution >= 4 is 28.6 Å². The smallest absolute Gasteiger partial charge is 0.134 e. The van der Waals surface area contributed by atoms with Gasteiger partial charge >= 0.3 is 0 Å². The van der Waals surface area contributed by atoms with Crippen LogP contribution in [0.15, 0.2) is 24.4 Å². The van der Waals surface area contributed by atoms with Gasteiger partial charge in [-0.2, -0.15) is 0 Å². The third kappa shape index (κ3) is 2.65. The van der Waals surface area contributed by atoms with E-state index in [-0.39, 0.29) is 5.75 Å². The standard InChI is InChI=1S/C11H11ClN2OS/c1-7-13-5-9(16-7)6-14-8-2-3-11(15)10(12)4-8/h2-5,14-15H,6H2,1H3. The van der Waals surface area contributed by atoms with Crippen LogP contribution in [0.1, 0.15) is 9.88 Å². The molecule has 2 N–H and O–H groups in total. The molecule has 0 aliphatic carbocycles. The van der Waals surface area contributed by atoms with Crippen molar-refractivity contribution in [2.75, 3.05) is 5.32 Å². The molecule has 0 radical (unpaired) electrons. The fraction of sp³-hybridized carbons (Fsp3) is 0.182. The van der Waals surface area contributed by atoms with Gasteiger partial charge in [0.05, 0.1) is 16.6 Å². The van der Waals surface area contributed by atoms with Gasteiger partial charge in [0.1, 0.15) is 5.75 Å². The maximum atomic E-state index is 9.26. The molecule has 16 heavy (non-hydrogen) atoms. The quantitative estimate of drug-likeness (QED) is 0.825. The number of aromatic hydroxyl groups is 1. The first-order valence-corrected chi connectivity index (χ1v) is 5.98. The lowest BCUT2D eigenvalue weighted by atomic mass is 10.3. The molecule has 0 unspecified atom stereocenters. The number of benzene rings is 1. The molecular weight excluding hydrogens is 244 g/mol. The van der Waals surface area contributed by atoms with Crippen LogP contribution in [0.3, 0.4) is 0 Å². The third-order valence-electron chi connectivity index (χ3n) is 2.08. The third-order valence-corrected chi connectivity index (χ3v) is 3.30. The van der Waals surface area contributed by atoms with Gasteiger partial charge < -0.3 is 10.4 Å². The van der Waals surface area contributed by atoms with Crippen LogP contribution in [0.2, 0.25) is 5.02 Å². The molecule has 0 saturated carbocycles. The molecule has 2 rings (SSSR count). The number of halogens is 1. The van der Waals surface area contributed by atoms with Gasteiger partial charge in [0.15, 0.2) is 0 Å². The van der Waals surface area contributed by atoms with Crippen molar-refractivity contribution in [1.29, 1.82) is 0 Å². The maximum Gasteiger partial charge on any atom is 0.134 e. The summed E-state index contributed by atoms with van der Waals surface area (Å²) in [6.45, 7) is 2.69. The second kappa shape index (κ2) is 4.72. The second-order valence-electron chi connectivity index (χ2n) is 3.37. The van der Waals surface area contributed by atoms with Crippen molar-refractivity contribution in [1.82, 2.24) is 4.98 Å². The molecule has 84 valence electrons. The van der Waals surface area contributed by atoms with Crippen molar-refractivity contribution in [2.24, 2.45) is 0 Å². The van der Waals surface area contributed by atoms with E-state index < -0.39 is 0 Å². The number of phenolic OH excluding ortho intramolecular Hbond substituents is 1. The number of hydrogen-bond acceptors (Lipinski definition) is 4. The maximum absolute atomic E-state index is 9.26. The van der Waals surface area contributed by atoms with Crippen LogP contribution >= 0.6 is 22.9 Å². The predicted octanol–water partition coefficient (Wildman–Crippen LogP) is 3.42. The normalized spacial score (nSPS) is 10.4. The highest BCUT2D eigenvalue weighted by Gasteiger charge is 2.01. The Morgan fingerprint density at radius 3 is 2.94 bits per heavy atom. The van der Waals surface area contributed by atoms with E-state index in [1.165, 1.54) is 4.88 Å². The van der Waals surface area contributed by atoms with Gasteiger partial charge in [-0.1, -0.05) is 11.6 Å². The molecule has 0 amide bonds. The van der Waals surface area contributed by atoms with Gasteiger partial charge in [-0.3, -0.25) is 0 Å². The molecule has 3 nitrogen and oxygen atoms in total. The van der Waals surface area contributed by atoms with Crippen molar-refractivity contribution in [2.45, 2.75) is 13.5 Å². The number of rotatable bonds is 3. The van der Waals surface area contributed by atoms with Crippen LogP contribution in [0, 0.1) is 6.92 Å². The first-order chi connectivity index (χ1) is 7.65. The highest BCUT2D eigenvalue weighted by atomic mass is 35.5. The first kappa shape index (κ1) is 11.2. The molecule has 0 bridgehead atoms. The number of aromatic nitrogens is 1. The lowest BCUT2D eigenvalue weighted by molar-refractivity contribution is 0.475. The fourth-order valence-electron chi connectivity index (χ4n) is 1.29. The average Bonchev–Trinajstić information content (AvgIpc) is 2.66. The lowest BCUT2D eigenvalue weighted by Gasteiger charge is -2.05. The van der Waals surface area contributed by atoms with E-state index in [1.807, 2.05) is 13.1 Å². The van der Waals surface area contributed by atoms with Crippen LogP contribution in [0.5, 0.6) is 5.75 Å². The minimum absolute atomic E-state index is 0.0980. The average molecular weight is 255 g/mol. The lowest BCUT2D eigenvalue weighted by Crippen LogP contribution is -1.96. The first-order valence-electron chi connectivity index (χ1n) is 4.79. The van der Waals surface area contributed by atoms with E-state index in [0.29, 0.717) is 11.6 Å². The van der Waals surface area contributed by atoms with Crippen molar-refractivity contribution in [3.05, 3.63) is 39.3 Å².